The molecule has 2 rings (SSSR count). The first-order valence-electron chi connectivity index (χ1n) is 7.02. The maximum Gasteiger partial charge on any atom is 0.351 e. The molecule has 120 valence electrons. The van der Waals surface area contributed by atoms with Gasteiger partial charge < -0.3 is 13.9 Å². The summed E-state index contributed by atoms with van der Waals surface area (Å²) in [5.74, 6) is -1.01. The van der Waals surface area contributed by atoms with Crippen LogP contribution in [-0.2, 0) is 9.53 Å². The minimum atomic E-state index is -0.802. The fourth-order valence-corrected chi connectivity index (χ4v) is 1.89. The van der Waals surface area contributed by atoms with Crippen LogP contribution in [0.3, 0.4) is 0 Å². The molecule has 0 N–H and O–H groups in total. The normalized spacial score (nSPS) is 10.2. The zero-order valence-corrected chi connectivity index (χ0v) is 13.0. The van der Waals surface area contributed by atoms with Gasteiger partial charge in [-0.2, -0.15) is 0 Å². The van der Waals surface area contributed by atoms with Crippen molar-refractivity contribution < 1.29 is 23.5 Å². The number of hydrogen-bond donors (Lipinski definition) is 0. The van der Waals surface area contributed by atoms with Gasteiger partial charge in [-0.15, -0.1) is 0 Å². The van der Waals surface area contributed by atoms with Crippen LogP contribution in [0.5, 0.6) is 5.75 Å². The summed E-state index contributed by atoms with van der Waals surface area (Å²) < 4.78 is 15.0. The topological polar surface area (TPSA) is 82.8 Å². The largest absolute Gasteiger partial charge is 0.462 e. The Hall–Kier alpha value is -2.89. The van der Waals surface area contributed by atoms with Gasteiger partial charge >= 0.3 is 17.6 Å². The summed E-state index contributed by atoms with van der Waals surface area (Å²) in [5, 5.41) is 0.523. The summed E-state index contributed by atoms with van der Waals surface area (Å²) in [7, 11) is 0. The first-order chi connectivity index (χ1) is 10.9. The highest BCUT2D eigenvalue weighted by atomic mass is 16.5. The average molecular weight is 316 g/mol. The van der Waals surface area contributed by atoms with Crippen molar-refractivity contribution in [2.45, 2.75) is 20.8 Å². The van der Waals surface area contributed by atoms with E-state index in [-0.39, 0.29) is 23.5 Å². The van der Waals surface area contributed by atoms with Crippen molar-refractivity contribution in [1.82, 2.24) is 0 Å². The van der Waals surface area contributed by atoms with E-state index in [1.165, 1.54) is 18.2 Å². The highest BCUT2D eigenvalue weighted by Gasteiger charge is 2.15. The molecule has 2 aromatic rings. The summed E-state index contributed by atoms with van der Waals surface area (Å²) in [4.78, 5) is 35.1. The molecule has 0 saturated carbocycles. The van der Waals surface area contributed by atoms with E-state index in [4.69, 9.17) is 13.9 Å². The van der Waals surface area contributed by atoms with Crippen LogP contribution < -0.4 is 10.4 Å². The molecule has 0 bridgehead atoms. The molecule has 1 aromatic heterocycles. The van der Waals surface area contributed by atoms with Gasteiger partial charge in [0.2, 0.25) is 0 Å². The summed E-state index contributed by atoms with van der Waals surface area (Å²) in [6.07, 6.45) is 1.35. The summed E-state index contributed by atoms with van der Waals surface area (Å²) in [5.41, 5.74) is 0.0457. The molecule has 1 heterocycles. The molecule has 0 amide bonds. The Kier molecular flexibility index (Phi) is 4.95. The van der Waals surface area contributed by atoms with E-state index in [0.29, 0.717) is 5.39 Å². The summed E-state index contributed by atoms with van der Waals surface area (Å²) in [6.45, 7) is 5.36. The molecule has 6 nitrogen and oxygen atoms in total. The van der Waals surface area contributed by atoms with Gasteiger partial charge in [0.15, 0.2) is 0 Å². The molecule has 0 atom stereocenters. The van der Waals surface area contributed by atoms with Crippen LogP contribution in [0.25, 0.3) is 11.0 Å². The van der Waals surface area contributed by atoms with Gasteiger partial charge in [0.05, 0.1) is 6.61 Å². The number of hydrogen-bond acceptors (Lipinski definition) is 6. The van der Waals surface area contributed by atoms with E-state index < -0.39 is 17.6 Å². The van der Waals surface area contributed by atoms with Gasteiger partial charge in [-0.25, -0.2) is 14.4 Å². The highest BCUT2D eigenvalue weighted by Crippen LogP contribution is 2.21. The van der Waals surface area contributed by atoms with E-state index >= 15 is 0 Å². The van der Waals surface area contributed by atoms with E-state index in [2.05, 4.69) is 0 Å². The van der Waals surface area contributed by atoms with Crippen LogP contribution in [0.4, 0.5) is 0 Å². The molecule has 1 aromatic carbocycles. The number of ether oxygens (including phenoxy) is 2. The quantitative estimate of drug-likeness (QED) is 0.373. The van der Waals surface area contributed by atoms with Crippen molar-refractivity contribution in [3.05, 3.63) is 51.9 Å². The lowest BCUT2D eigenvalue weighted by molar-refractivity contribution is -0.129. The second kappa shape index (κ2) is 6.91. The molecule has 0 aliphatic rings. The number of fused-ring (bicyclic) bond motifs is 1. The van der Waals surface area contributed by atoms with Crippen molar-refractivity contribution in [3.8, 4) is 5.75 Å². The van der Waals surface area contributed by atoms with Gasteiger partial charge in [0, 0.05) is 17.5 Å². The predicted molar refractivity (Wildman–Crippen MR) is 83.5 cm³/mol. The Balaban J connectivity index is 2.36. The van der Waals surface area contributed by atoms with E-state index in [0.717, 1.165) is 5.57 Å². The minimum Gasteiger partial charge on any atom is -0.462 e. The van der Waals surface area contributed by atoms with Crippen molar-refractivity contribution in [2.75, 3.05) is 6.61 Å². The number of carbonyl (C=O) groups excluding carboxylic acids is 2. The Labute approximate surface area is 132 Å². The number of esters is 2. The average Bonchev–Trinajstić information content (AvgIpc) is 2.45. The molecule has 0 saturated heterocycles. The second-order valence-electron chi connectivity index (χ2n) is 5.01. The first kappa shape index (κ1) is 16.5. The van der Waals surface area contributed by atoms with Gasteiger partial charge in [-0.3, -0.25) is 0 Å². The molecular weight excluding hydrogens is 300 g/mol. The first-order valence-corrected chi connectivity index (χ1v) is 7.02. The lowest BCUT2D eigenvalue weighted by Crippen LogP contribution is -2.16. The van der Waals surface area contributed by atoms with Crippen LogP contribution >= 0.6 is 0 Å². The molecule has 0 aliphatic carbocycles. The third kappa shape index (κ3) is 4.06. The van der Waals surface area contributed by atoms with Gasteiger partial charge in [0.25, 0.3) is 0 Å². The lowest BCUT2D eigenvalue weighted by atomic mass is 10.2. The van der Waals surface area contributed by atoms with Crippen LogP contribution in [-0.4, -0.2) is 18.5 Å². The summed E-state index contributed by atoms with van der Waals surface area (Å²) >= 11 is 0. The number of carbonyl (C=O) groups is 2. The molecule has 0 fully saturated rings. The third-order valence-corrected chi connectivity index (χ3v) is 2.83. The minimum absolute atomic E-state index is 0.162. The van der Waals surface area contributed by atoms with Crippen LogP contribution in [0, 0.1) is 0 Å². The molecule has 6 heteroatoms. The van der Waals surface area contributed by atoms with E-state index in [1.54, 1.807) is 32.9 Å². The Morgan fingerprint density at radius 3 is 2.61 bits per heavy atom. The Morgan fingerprint density at radius 1 is 1.22 bits per heavy atom. The molecule has 0 unspecified atom stereocenters. The van der Waals surface area contributed by atoms with Gasteiger partial charge in [-0.05, 0) is 39.0 Å². The SMILES string of the molecule is CCOC(=O)c1cc2ccc(OC(=O)C=C(C)C)cc2oc1=O. The lowest BCUT2D eigenvalue weighted by Gasteiger charge is -2.05. The molecule has 0 spiro atoms. The zero-order valence-electron chi connectivity index (χ0n) is 13.0. The fourth-order valence-electron chi connectivity index (χ4n) is 1.89. The van der Waals surface area contributed by atoms with E-state index in [1.807, 2.05) is 0 Å². The highest BCUT2D eigenvalue weighted by molar-refractivity contribution is 5.93. The maximum absolute atomic E-state index is 11.8. The molecule has 23 heavy (non-hydrogen) atoms. The molecule has 0 radical (unpaired) electrons. The summed E-state index contributed by atoms with van der Waals surface area (Å²) in [6, 6.07) is 5.95. The van der Waals surface area contributed by atoms with Crippen LogP contribution in [0.2, 0.25) is 0 Å². The number of benzene rings is 1. The van der Waals surface area contributed by atoms with Crippen molar-refractivity contribution in [2.24, 2.45) is 0 Å². The monoisotopic (exact) mass is 316 g/mol. The zero-order chi connectivity index (χ0) is 17.0. The molecule has 0 aliphatic heterocycles. The number of allylic oxidation sites excluding steroid dienone is 1. The third-order valence-electron chi connectivity index (χ3n) is 2.83. The number of rotatable bonds is 4. The molecular formula is C17H16O6. The Morgan fingerprint density at radius 2 is 1.96 bits per heavy atom. The second-order valence-corrected chi connectivity index (χ2v) is 5.01. The fraction of sp³-hybridized carbons (Fsp3) is 0.235. The Bertz CT molecular complexity index is 840. The van der Waals surface area contributed by atoms with E-state index in [9.17, 15) is 14.4 Å². The van der Waals surface area contributed by atoms with Gasteiger partial charge in [-0.1, -0.05) is 5.57 Å². The smallest absolute Gasteiger partial charge is 0.351 e. The van der Waals surface area contributed by atoms with Crippen LogP contribution in [0.1, 0.15) is 31.1 Å². The predicted octanol–water partition coefficient (Wildman–Crippen LogP) is 2.84. The maximum atomic E-state index is 11.8. The van der Waals surface area contributed by atoms with Crippen molar-refractivity contribution in [3.63, 3.8) is 0 Å². The standard InChI is InChI=1S/C17H16O6/c1-4-21-16(19)13-8-11-5-6-12(9-14(11)23-17(13)20)22-15(18)7-10(2)3/h5-9H,4H2,1-3H3. The van der Waals surface area contributed by atoms with Gasteiger partial charge in [0.1, 0.15) is 16.9 Å². The van der Waals surface area contributed by atoms with Crippen molar-refractivity contribution in [1.29, 1.82) is 0 Å². The van der Waals surface area contributed by atoms with Crippen molar-refractivity contribution >= 4 is 22.9 Å². The van der Waals surface area contributed by atoms with Crippen LogP contribution in [0.15, 0.2) is 45.1 Å².